The number of nitrogens with zero attached hydrogens (tertiary/aromatic N) is 2. The van der Waals surface area contributed by atoms with E-state index in [0.717, 1.165) is 24.2 Å². The van der Waals surface area contributed by atoms with Gasteiger partial charge in [-0.2, -0.15) is 0 Å². The molecule has 0 aliphatic rings. The monoisotopic (exact) mass is 438 g/mol. The summed E-state index contributed by atoms with van der Waals surface area (Å²) in [5, 5.41) is 6.19. The number of anilines is 3. The fourth-order valence-electron chi connectivity index (χ4n) is 3.37. The van der Waals surface area contributed by atoms with E-state index in [1.807, 2.05) is 19.9 Å². The predicted molar refractivity (Wildman–Crippen MR) is 125 cm³/mol. The SMILES string of the molecule is CCN(CC)c1nc(NCc2ccc(F)cc2)ccc1NC(=O)CCc1cccc(F)c1. The van der Waals surface area contributed by atoms with E-state index >= 15 is 0 Å². The molecule has 2 N–H and O–H groups in total. The van der Waals surface area contributed by atoms with Crippen molar-refractivity contribution >= 4 is 23.2 Å². The molecule has 0 unspecified atom stereocenters. The highest BCUT2D eigenvalue weighted by atomic mass is 19.1. The second kappa shape index (κ2) is 11.2. The molecule has 3 rings (SSSR count). The summed E-state index contributed by atoms with van der Waals surface area (Å²) in [7, 11) is 0. The summed E-state index contributed by atoms with van der Waals surface area (Å²) in [6, 6.07) is 16.2. The van der Waals surface area contributed by atoms with E-state index in [0.29, 0.717) is 30.3 Å². The third kappa shape index (κ3) is 6.51. The number of aromatic nitrogens is 1. The molecule has 1 aromatic heterocycles. The van der Waals surface area contributed by atoms with Gasteiger partial charge >= 0.3 is 0 Å². The standard InChI is InChI=1S/C25H28F2N4O/c1-3-31(4-2)25-22(29-24(32)15-10-18-6-5-7-21(27)16-18)13-14-23(30-25)28-17-19-8-11-20(26)12-9-19/h5-9,11-14,16H,3-4,10,15,17H2,1-2H3,(H,28,30)(H,29,32). The Morgan fingerprint density at radius 3 is 2.38 bits per heavy atom. The second-order valence-electron chi connectivity index (χ2n) is 7.40. The van der Waals surface area contributed by atoms with Crippen molar-refractivity contribution in [3.05, 3.63) is 83.4 Å². The van der Waals surface area contributed by atoms with Crippen molar-refractivity contribution in [1.29, 1.82) is 0 Å². The molecule has 0 saturated carbocycles. The maximum atomic E-state index is 13.3. The van der Waals surface area contributed by atoms with Gasteiger partial charge < -0.3 is 15.5 Å². The number of nitrogens with one attached hydrogen (secondary N) is 2. The number of carbonyl (C=O) groups is 1. The molecule has 3 aromatic rings. The van der Waals surface area contributed by atoms with Crippen LogP contribution < -0.4 is 15.5 Å². The first-order chi connectivity index (χ1) is 15.5. The van der Waals surface area contributed by atoms with Gasteiger partial charge in [-0.15, -0.1) is 0 Å². The molecule has 0 saturated heterocycles. The first-order valence-corrected chi connectivity index (χ1v) is 10.8. The Kier molecular flexibility index (Phi) is 8.14. The van der Waals surface area contributed by atoms with Gasteiger partial charge in [-0.05, 0) is 67.8 Å². The number of hydrogen-bond acceptors (Lipinski definition) is 4. The van der Waals surface area contributed by atoms with Crippen LogP contribution in [0, 0.1) is 11.6 Å². The van der Waals surface area contributed by atoms with Crippen molar-refractivity contribution in [3.8, 4) is 0 Å². The zero-order valence-electron chi connectivity index (χ0n) is 18.4. The first-order valence-electron chi connectivity index (χ1n) is 10.8. The normalized spacial score (nSPS) is 10.6. The van der Waals surface area contributed by atoms with E-state index in [4.69, 9.17) is 4.98 Å². The van der Waals surface area contributed by atoms with Gasteiger partial charge in [-0.25, -0.2) is 13.8 Å². The van der Waals surface area contributed by atoms with Crippen LogP contribution in [-0.2, 0) is 17.8 Å². The minimum Gasteiger partial charge on any atom is -0.366 e. The lowest BCUT2D eigenvalue weighted by molar-refractivity contribution is -0.116. The van der Waals surface area contributed by atoms with Gasteiger partial charge in [0, 0.05) is 26.1 Å². The summed E-state index contributed by atoms with van der Waals surface area (Å²) in [4.78, 5) is 19.3. The maximum absolute atomic E-state index is 13.3. The van der Waals surface area contributed by atoms with E-state index in [1.165, 1.54) is 24.3 Å². The zero-order valence-corrected chi connectivity index (χ0v) is 18.4. The molecule has 0 bridgehead atoms. The van der Waals surface area contributed by atoms with Crippen LogP contribution in [0.1, 0.15) is 31.4 Å². The fraction of sp³-hybridized carbons (Fsp3) is 0.280. The lowest BCUT2D eigenvalue weighted by Gasteiger charge is -2.24. The Labute approximate surface area is 187 Å². The Morgan fingerprint density at radius 2 is 1.69 bits per heavy atom. The summed E-state index contributed by atoms with van der Waals surface area (Å²) in [6.45, 7) is 6.02. The lowest BCUT2D eigenvalue weighted by atomic mass is 10.1. The summed E-state index contributed by atoms with van der Waals surface area (Å²) in [6.07, 6.45) is 0.695. The molecular formula is C25H28F2N4O. The van der Waals surface area contributed by atoms with Crippen LogP contribution in [0.4, 0.5) is 26.1 Å². The van der Waals surface area contributed by atoms with Crippen molar-refractivity contribution in [2.75, 3.05) is 28.6 Å². The summed E-state index contributed by atoms with van der Waals surface area (Å²) >= 11 is 0. The van der Waals surface area contributed by atoms with Crippen LogP contribution in [0.3, 0.4) is 0 Å². The van der Waals surface area contributed by atoms with Gasteiger partial charge in [0.15, 0.2) is 5.82 Å². The molecule has 0 aliphatic heterocycles. The van der Waals surface area contributed by atoms with E-state index in [1.54, 1.807) is 30.3 Å². The minimum atomic E-state index is -0.306. The molecule has 168 valence electrons. The topological polar surface area (TPSA) is 57.3 Å². The third-order valence-electron chi connectivity index (χ3n) is 5.13. The van der Waals surface area contributed by atoms with Crippen LogP contribution in [0.5, 0.6) is 0 Å². The number of hydrogen-bond donors (Lipinski definition) is 2. The number of rotatable bonds is 10. The molecule has 0 fully saturated rings. The highest BCUT2D eigenvalue weighted by Crippen LogP contribution is 2.26. The average molecular weight is 439 g/mol. The number of amides is 1. The molecule has 32 heavy (non-hydrogen) atoms. The molecule has 7 heteroatoms. The van der Waals surface area contributed by atoms with Gasteiger partial charge in [0.2, 0.25) is 5.91 Å². The Balaban J connectivity index is 1.69. The van der Waals surface area contributed by atoms with Crippen molar-refractivity contribution < 1.29 is 13.6 Å². The van der Waals surface area contributed by atoms with Crippen molar-refractivity contribution in [1.82, 2.24) is 4.98 Å². The van der Waals surface area contributed by atoms with E-state index in [2.05, 4.69) is 15.5 Å². The molecular weight excluding hydrogens is 410 g/mol. The Hall–Kier alpha value is -3.48. The van der Waals surface area contributed by atoms with E-state index in [-0.39, 0.29) is 24.0 Å². The summed E-state index contributed by atoms with van der Waals surface area (Å²) in [5.41, 5.74) is 2.35. The van der Waals surface area contributed by atoms with Crippen LogP contribution >= 0.6 is 0 Å². The smallest absolute Gasteiger partial charge is 0.224 e. The molecule has 5 nitrogen and oxygen atoms in total. The van der Waals surface area contributed by atoms with Crippen LogP contribution in [0.2, 0.25) is 0 Å². The van der Waals surface area contributed by atoms with Gasteiger partial charge in [0.05, 0.1) is 5.69 Å². The average Bonchev–Trinajstić information content (AvgIpc) is 2.79. The van der Waals surface area contributed by atoms with Crippen LogP contribution in [-0.4, -0.2) is 24.0 Å². The zero-order chi connectivity index (χ0) is 22.9. The minimum absolute atomic E-state index is 0.156. The molecule has 0 spiro atoms. The Morgan fingerprint density at radius 1 is 0.938 bits per heavy atom. The van der Waals surface area contributed by atoms with Crippen LogP contribution in [0.15, 0.2) is 60.7 Å². The number of halogens is 2. The summed E-state index contributed by atoms with van der Waals surface area (Å²) < 4.78 is 26.4. The molecule has 0 radical (unpaired) electrons. The highest BCUT2D eigenvalue weighted by Gasteiger charge is 2.14. The number of aryl methyl sites for hydroxylation is 1. The maximum Gasteiger partial charge on any atom is 0.224 e. The fourth-order valence-corrected chi connectivity index (χ4v) is 3.37. The predicted octanol–water partition coefficient (Wildman–Crippen LogP) is 5.39. The van der Waals surface area contributed by atoms with Crippen molar-refractivity contribution in [3.63, 3.8) is 0 Å². The van der Waals surface area contributed by atoms with Crippen LogP contribution in [0.25, 0.3) is 0 Å². The van der Waals surface area contributed by atoms with E-state index in [9.17, 15) is 13.6 Å². The lowest BCUT2D eigenvalue weighted by Crippen LogP contribution is -2.25. The van der Waals surface area contributed by atoms with Crippen molar-refractivity contribution in [2.45, 2.75) is 33.2 Å². The number of carbonyl (C=O) groups excluding carboxylic acids is 1. The van der Waals surface area contributed by atoms with Gasteiger partial charge in [0.25, 0.3) is 0 Å². The van der Waals surface area contributed by atoms with E-state index < -0.39 is 0 Å². The van der Waals surface area contributed by atoms with Gasteiger partial charge in [-0.3, -0.25) is 4.79 Å². The highest BCUT2D eigenvalue weighted by molar-refractivity contribution is 5.94. The second-order valence-corrected chi connectivity index (χ2v) is 7.40. The molecule has 1 heterocycles. The quantitative estimate of drug-likeness (QED) is 0.446. The molecule has 0 aliphatic carbocycles. The molecule has 1 amide bonds. The largest absolute Gasteiger partial charge is 0.366 e. The third-order valence-corrected chi connectivity index (χ3v) is 5.13. The summed E-state index contributed by atoms with van der Waals surface area (Å²) in [5.74, 6) is 0.608. The van der Waals surface area contributed by atoms with Gasteiger partial charge in [-0.1, -0.05) is 24.3 Å². The van der Waals surface area contributed by atoms with Crippen molar-refractivity contribution in [2.24, 2.45) is 0 Å². The Bertz CT molecular complexity index is 1040. The first kappa shape index (κ1) is 23.2. The number of pyridine rings is 1. The molecule has 2 aromatic carbocycles. The van der Waals surface area contributed by atoms with Gasteiger partial charge in [0.1, 0.15) is 17.5 Å². The number of benzene rings is 2. The molecule has 0 atom stereocenters.